The molecule has 148 valence electrons. The summed E-state index contributed by atoms with van der Waals surface area (Å²) < 4.78 is 49.2. The Bertz CT molecular complexity index is 698. The highest BCUT2D eigenvalue weighted by Gasteiger charge is 2.31. The van der Waals surface area contributed by atoms with Gasteiger partial charge in [0.2, 0.25) is 0 Å². The van der Waals surface area contributed by atoms with Crippen LogP contribution in [0.3, 0.4) is 0 Å². The molecule has 0 aliphatic carbocycles. The average Bonchev–Trinajstić information content (AvgIpc) is 3.15. The number of anilines is 1. The molecule has 0 amide bonds. The van der Waals surface area contributed by atoms with Gasteiger partial charge in [0.05, 0.1) is 44.6 Å². The summed E-state index contributed by atoms with van der Waals surface area (Å²) in [6.07, 6.45) is -3.35. The van der Waals surface area contributed by atoms with Crippen molar-refractivity contribution in [1.29, 1.82) is 0 Å². The smallest absolute Gasteiger partial charge is 0.416 e. The van der Waals surface area contributed by atoms with Crippen molar-refractivity contribution in [2.75, 3.05) is 44.2 Å². The van der Waals surface area contributed by atoms with Gasteiger partial charge in [0.1, 0.15) is 25.0 Å². The maximum atomic E-state index is 12.9. The van der Waals surface area contributed by atoms with E-state index >= 15 is 0 Å². The van der Waals surface area contributed by atoms with Crippen molar-refractivity contribution in [3.8, 4) is 0 Å². The number of aliphatic hydroxyl groups excluding tert-OH is 1. The van der Waals surface area contributed by atoms with Crippen LogP contribution in [0.25, 0.3) is 0 Å². The van der Waals surface area contributed by atoms with Gasteiger partial charge < -0.3 is 24.1 Å². The van der Waals surface area contributed by atoms with Gasteiger partial charge in [-0.1, -0.05) is 6.07 Å². The predicted molar refractivity (Wildman–Crippen MR) is 93.6 cm³/mol. The first-order valence-corrected chi connectivity index (χ1v) is 8.96. The standard InChI is InChI=1S/C19H23F3N2O3/c20-19(21,22)15-3-1-4-16(11-15)24-8-6-23(7-9-24)12-17(25)13-26-14-18-5-2-10-27-18/h1-5,10-11,17,25H,6-9,12-14H2/p+1/t17-/m0/s1. The van der Waals surface area contributed by atoms with Crippen LogP contribution in [0, 0.1) is 0 Å². The summed E-state index contributed by atoms with van der Waals surface area (Å²) in [5.41, 5.74) is -0.0369. The number of piperazine rings is 1. The summed E-state index contributed by atoms with van der Waals surface area (Å²) in [6.45, 7) is 3.91. The Morgan fingerprint density at radius 2 is 1.96 bits per heavy atom. The van der Waals surface area contributed by atoms with E-state index in [0.717, 1.165) is 19.2 Å². The fourth-order valence-electron chi connectivity index (χ4n) is 3.25. The van der Waals surface area contributed by atoms with Gasteiger partial charge in [-0.25, -0.2) is 0 Å². The Hall–Kier alpha value is -2.03. The van der Waals surface area contributed by atoms with E-state index in [0.29, 0.717) is 37.7 Å². The van der Waals surface area contributed by atoms with Crippen LogP contribution in [-0.4, -0.2) is 50.5 Å². The lowest BCUT2D eigenvalue weighted by molar-refractivity contribution is -0.903. The van der Waals surface area contributed by atoms with E-state index < -0.39 is 17.8 Å². The number of aliphatic hydroxyl groups is 1. The van der Waals surface area contributed by atoms with Gasteiger partial charge >= 0.3 is 6.18 Å². The molecule has 1 aliphatic rings. The lowest BCUT2D eigenvalue weighted by Crippen LogP contribution is -3.16. The maximum absolute atomic E-state index is 12.9. The molecule has 0 bridgehead atoms. The molecule has 1 saturated heterocycles. The summed E-state index contributed by atoms with van der Waals surface area (Å²) >= 11 is 0. The SMILES string of the molecule is O[C@H](COCc1ccco1)C[NH+]1CCN(c2cccc(C(F)(F)F)c2)CC1. The van der Waals surface area contributed by atoms with Crippen LogP contribution in [0.5, 0.6) is 0 Å². The van der Waals surface area contributed by atoms with Gasteiger partial charge in [-0.2, -0.15) is 13.2 Å². The number of quaternary nitrogens is 1. The van der Waals surface area contributed by atoms with E-state index in [1.54, 1.807) is 18.4 Å². The number of hydrogen-bond acceptors (Lipinski definition) is 4. The van der Waals surface area contributed by atoms with Crippen molar-refractivity contribution in [3.05, 3.63) is 54.0 Å². The zero-order chi connectivity index (χ0) is 19.3. The van der Waals surface area contributed by atoms with E-state index in [2.05, 4.69) is 0 Å². The molecular formula is C19H24F3N2O3+. The van der Waals surface area contributed by atoms with E-state index in [1.165, 1.54) is 17.0 Å². The third kappa shape index (κ3) is 5.72. The summed E-state index contributed by atoms with van der Waals surface area (Å²) in [5, 5.41) is 10.1. The van der Waals surface area contributed by atoms with Crippen LogP contribution >= 0.6 is 0 Å². The lowest BCUT2D eigenvalue weighted by atomic mass is 10.1. The topological polar surface area (TPSA) is 50.3 Å². The first-order chi connectivity index (χ1) is 12.9. The summed E-state index contributed by atoms with van der Waals surface area (Å²) in [4.78, 5) is 3.17. The van der Waals surface area contributed by atoms with E-state index in [1.807, 2.05) is 11.0 Å². The molecule has 5 nitrogen and oxygen atoms in total. The molecule has 0 saturated carbocycles. The highest BCUT2D eigenvalue weighted by molar-refractivity contribution is 5.49. The van der Waals surface area contributed by atoms with Crippen molar-refractivity contribution < 1.29 is 32.3 Å². The number of furan rings is 1. The van der Waals surface area contributed by atoms with Crippen LogP contribution in [0.15, 0.2) is 47.1 Å². The number of benzene rings is 1. The normalized spacial score (nSPS) is 17.3. The van der Waals surface area contributed by atoms with Gasteiger partial charge in [-0.15, -0.1) is 0 Å². The molecule has 2 N–H and O–H groups in total. The molecule has 27 heavy (non-hydrogen) atoms. The van der Waals surface area contributed by atoms with Crippen molar-refractivity contribution in [2.24, 2.45) is 0 Å². The summed E-state index contributed by atoms with van der Waals surface area (Å²) in [6, 6.07) is 9.02. The number of rotatable bonds is 7. The Morgan fingerprint density at radius 1 is 1.19 bits per heavy atom. The number of nitrogens with zero attached hydrogens (tertiary/aromatic N) is 1. The van der Waals surface area contributed by atoms with Crippen LogP contribution in [0.4, 0.5) is 18.9 Å². The number of ether oxygens (including phenoxy) is 1. The minimum absolute atomic E-state index is 0.224. The van der Waals surface area contributed by atoms with E-state index in [-0.39, 0.29) is 6.61 Å². The second-order valence-corrected chi connectivity index (χ2v) is 6.74. The summed E-state index contributed by atoms with van der Waals surface area (Å²) in [7, 11) is 0. The highest BCUT2D eigenvalue weighted by atomic mass is 19.4. The second-order valence-electron chi connectivity index (χ2n) is 6.74. The van der Waals surface area contributed by atoms with Crippen LogP contribution < -0.4 is 9.80 Å². The quantitative estimate of drug-likeness (QED) is 0.760. The van der Waals surface area contributed by atoms with Gasteiger partial charge in [-0.05, 0) is 30.3 Å². The number of nitrogens with one attached hydrogen (secondary N) is 1. The third-order valence-corrected chi connectivity index (χ3v) is 4.67. The zero-order valence-corrected chi connectivity index (χ0v) is 14.9. The highest BCUT2D eigenvalue weighted by Crippen LogP contribution is 2.31. The number of hydrogen-bond donors (Lipinski definition) is 2. The van der Waals surface area contributed by atoms with Gasteiger partial charge in [-0.3, -0.25) is 0 Å². The molecule has 3 rings (SSSR count). The minimum Gasteiger partial charge on any atom is -0.467 e. The molecule has 0 spiro atoms. The fourth-order valence-corrected chi connectivity index (χ4v) is 3.25. The molecule has 8 heteroatoms. The predicted octanol–water partition coefficient (Wildman–Crippen LogP) is 1.58. The van der Waals surface area contributed by atoms with Crippen molar-refractivity contribution >= 4 is 5.69 Å². The van der Waals surface area contributed by atoms with E-state index in [4.69, 9.17) is 9.15 Å². The van der Waals surface area contributed by atoms with Crippen molar-refractivity contribution in [2.45, 2.75) is 18.9 Å². The first kappa shape index (κ1) is 19.7. The largest absolute Gasteiger partial charge is 0.467 e. The van der Waals surface area contributed by atoms with Gasteiger partial charge in [0.25, 0.3) is 0 Å². The van der Waals surface area contributed by atoms with Crippen LogP contribution in [-0.2, 0) is 17.5 Å². The Labute approximate surface area is 155 Å². The number of alkyl halides is 3. The second kappa shape index (κ2) is 8.77. The molecule has 2 heterocycles. The van der Waals surface area contributed by atoms with Crippen molar-refractivity contribution in [3.63, 3.8) is 0 Å². The summed E-state index contributed by atoms with van der Waals surface area (Å²) in [5.74, 6) is 0.712. The minimum atomic E-state index is -4.33. The fraction of sp³-hybridized carbons (Fsp3) is 0.474. The van der Waals surface area contributed by atoms with Gasteiger partial charge in [0.15, 0.2) is 0 Å². The Morgan fingerprint density at radius 3 is 2.63 bits per heavy atom. The Balaban J connectivity index is 1.42. The zero-order valence-electron chi connectivity index (χ0n) is 14.9. The molecule has 2 aromatic rings. The molecule has 1 aromatic heterocycles. The van der Waals surface area contributed by atoms with E-state index in [9.17, 15) is 18.3 Å². The molecule has 1 fully saturated rings. The maximum Gasteiger partial charge on any atom is 0.416 e. The Kier molecular flexibility index (Phi) is 6.41. The average molecular weight is 385 g/mol. The first-order valence-electron chi connectivity index (χ1n) is 8.96. The molecular weight excluding hydrogens is 361 g/mol. The molecule has 1 aliphatic heterocycles. The lowest BCUT2D eigenvalue weighted by Gasteiger charge is -2.34. The van der Waals surface area contributed by atoms with Crippen molar-refractivity contribution in [1.82, 2.24) is 0 Å². The third-order valence-electron chi connectivity index (χ3n) is 4.67. The van der Waals surface area contributed by atoms with Crippen LogP contribution in [0.1, 0.15) is 11.3 Å². The molecule has 1 aromatic carbocycles. The van der Waals surface area contributed by atoms with Gasteiger partial charge in [0, 0.05) is 5.69 Å². The number of halogens is 3. The molecule has 1 atom stereocenters. The van der Waals surface area contributed by atoms with Crippen LogP contribution in [0.2, 0.25) is 0 Å². The molecule has 0 unspecified atom stereocenters. The molecule has 0 radical (unpaired) electrons. The monoisotopic (exact) mass is 385 g/mol.